The van der Waals surface area contributed by atoms with E-state index in [0.717, 1.165) is 24.9 Å². The van der Waals surface area contributed by atoms with Gasteiger partial charge in [0.2, 0.25) is 11.7 Å². The highest BCUT2D eigenvalue weighted by molar-refractivity contribution is 6.30. The number of nitrogens with zero attached hydrogens (tertiary/aromatic N) is 3. The molecular weight excluding hydrogens is 330 g/mol. The number of benzene rings is 1. The summed E-state index contributed by atoms with van der Waals surface area (Å²) in [6.45, 7) is 4.35. The van der Waals surface area contributed by atoms with Crippen molar-refractivity contribution in [3.63, 3.8) is 0 Å². The van der Waals surface area contributed by atoms with Crippen LogP contribution in [0.25, 0.3) is 11.4 Å². The predicted molar refractivity (Wildman–Crippen MR) is 89.4 cm³/mol. The second kappa shape index (κ2) is 7.77. The first kappa shape index (κ1) is 16.9. The number of likely N-dealkylation sites (tertiary alicyclic amines) is 1. The van der Waals surface area contributed by atoms with Crippen LogP contribution in [0.3, 0.4) is 0 Å². The molecule has 24 heavy (non-hydrogen) atoms. The summed E-state index contributed by atoms with van der Waals surface area (Å²) in [6.07, 6.45) is 1.83. The smallest absolute Gasteiger partial charge is 0.310 e. The lowest BCUT2D eigenvalue weighted by atomic mass is 9.98. The Labute approximate surface area is 145 Å². The van der Waals surface area contributed by atoms with E-state index in [1.807, 2.05) is 19.1 Å². The monoisotopic (exact) mass is 349 g/mol. The van der Waals surface area contributed by atoms with Crippen LogP contribution in [0.5, 0.6) is 0 Å². The van der Waals surface area contributed by atoms with Crippen LogP contribution in [0.2, 0.25) is 5.02 Å². The van der Waals surface area contributed by atoms with Gasteiger partial charge in [-0.15, -0.1) is 0 Å². The van der Waals surface area contributed by atoms with Gasteiger partial charge in [0.25, 0.3) is 0 Å². The Bertz CT molecular complexity index is 704. The summed E-state index contributed by atoms with van der Waals surface area (Å²) in [5.74, 6) is 0.863. The first-order chi connectivity index (χ1) is 11.7. The van der Waals surface area contributed by atoms with Crippen molar-refractivity contribution in [3.05, 3.63) is 35.2 Å². The van der Waals surface area contributed by atoms with Crippen LogP contribution >= 0.6 is 11.6 Å². The minimum Gasteiger partial charge on any atom is -0.466 e. The van der Waals surface area contributed by atoms with Crippen molar-refractivity contribution >= 4 is 17.6 Å². The van der Waals surface area contributed by atoms with Crippen LogP contribution in [-0.2, 0) is 16.1 Å². The van der Waals surface area contributed by atoms with Gasteiger partial charge in [-0.05, 0) is 38.4 Å². The average Bonchev–Trinajstić information content (AvgIpc) is 3.04. The quantitative estimate of drug-likeness (QED) is 0.772. The van der Waals surface area contributed by atoms with Crippen molar-refractivity contribution in [2.75, 3.05) is 19.7 Å². The topological polar surface area (TPSA) is 68.5 Å². The molecule has 2 aromatic rings. The fourth-order valence-corrected chi connectivity index (χ4v) is 3.10. The second-order valence-electron chi connectivity index (χ2n) is 5.85. The Kier molecular flexibility index (Phi) is 5.48. The molecule has 1 aliphatic rings. The SMILES string of the molecule is CCOC(=O)[C@H]1CCCN(Cc2nc(-c3cccc(Cl)c3)no2)C1. The zero-order valence-corrected chi connectivity index (χ0v) is 14.3. The summed E-state index contributed by atoms with van der Waals surface area (Å²) in [5.41, 5.74) is 0.820. The molecule has 0 amide bonds. The summed E-state index contributed by atoms with van der Waals surface area (Å²) < 4.78 is 10.5. The number of halogens is 1. The van der Waals surface area contributed by atoms with Crippen molar-refractivity contribution in [1.29, 1.82) is 0 Å². The molecule has 1 saturated heterocycles. The summed E-state index contributed by atoms with van der Waals surface area (Å²) in [7, 11) is 0. The molecule has 0 saturated carbocycles. The highest BCUT2D eigenvalue weighted by atomic mass is 35.5. The van der Waals surface area contributed by atoms with Crippen molar-refractivity contribution < 1.29 is 14.1 Å². The predicted octanol–water partition coefficient (Wildman–Crippen LogP) is 3.17. The molecule has 1 fully saturated rings. The summed E-state index contributed by atoms with van der Waals surface area (Å²) >= 11 is 5.99. The van der Waals surface area contributed by atoms with Crippen LogP contribution in [0.1, 0.15) is 25.7 Å². The van der Waals surface area contributed by atoms with Crippen molar-refractivity contribution in [2.24, 2.45) is 5.92 Å². The van der Waals surface area contributed by atoms with Crippen molar-refractivity contribution in [1.82, 2.24) is 15.0 Å². The van der Waals surface area contributed by atoms with Gasteiger partial charge in [0.1, 0.15) is 0 Å². The molecule has 2 heterocycles. The number of piperidine rings is 1. The third-order valence-electron chi connectivity index (χ3n) is 4.04. The number of esters is 1. The molecule has 0 N–H and O–H groups in total. The molecule has 0 unspecified atom stereocenters. The minimum absolute atomic E-state index is 0.0750. The number of carbonyl (C=O) groups is 1. The maximum absolute atomic E-state index is 11.9. The summed E-state index contributed by atoms with van der Waals surface area (Å²) in [6, 6.07) is 7.34. The van der Waals surface area contributed by atoms with E-state index in [1.165, 1.54) is 0 Å². The van der Waals surface area contributed by atoms with E-state index in [4.69, 9.17) is 20.9 Å². The van der Waals surface area contributed by atoms with E-state index in [2.05, 4.69) is 15.0 Å². The maximum atomic E-state index is 11.9. The molecule has 1 aliphatic heterocycles. The largest absolute Gasteiger partial charge is 0.466 e. The van der Waals surface area contributed by atoms with Gasteiger partial charge in [-0.1, -0.05) is 28.9 Å². The first-order valence-corrected chi connectivity index (χ1v) is 8.51. The van der Waals surface area contributed by atoms with Crippen LogP contribution in [-0.4, -0.2) is 40.7 Å². The average molecular weight is 350 g/mol. The molecule has 1 atom stereocenters. The van der Waals surface area contributed by atoms with E-state index >= 15 is 0 Å². The van der Waals surface area contributed by atoms with E-state index in [0.29, 0.717) is 36.4 Å². The van der Waals surface area contributed by atoms with Gasteiger partial charge in [-0.3, -0.25) is 9.69 Å². The van der Waals surface area contributed by atoms with Gasteiger partial charge in [0.15, 0.2) is 0 Å². The van der Waals surface area contributed by atoms with Gasteiger partial charge in [-0.2, -0.15) is 4.98 Å². The first-order valence-electron chi connectivity index (χ1n) is 8.13. The normalized spacial score (nSPS) is 18.5. The molecule has 7 heteroatoms. The lowest BCUT2D eigenvalue weighted by molar-refractivity contribution is -0.150. The van der Waals surface area contributed by atoms with Crippen LogP contribution < -0.4 is 0 Å². The molecular formula is C17H20ClN3O3. The van der Waals surface area contributed by atoms with Gasteiger partial charge in [0, 0.05) is 17.1 Å². The minimum atomic E-state index is -0.118. The number of carbonyl (C=O) groups excluding carboxylic acids is 1. The Morgan fingerprint density at radius 3 is 3.17 bits per heavy atom. The van der Waals surface area contributed by atoms with Crippen LogP contribution in [0.4, 0.5) is 0 Å². The highest BCUT2D eigenvalue weighted by Gasteiger charge is 2.27. The fraction of sp³-hybridized carbons (Fsp3) is 0.471. The van der Waals surface area contributed by atoms with Gasteiger partial charge >= 0.3 is 5.97 Å². The molecule has 0 bridgehead atoms. The van der Waals surface area contributed by atoms with Gasteiger partial charge in [0.05, 0.1) is 19.1 Å². The fourth-order valence-electron chi connectivity index (χ4n) is 2.91. The van der Waals surface area contributed by atoms with E-state index in [1.54, 1.807) is 12.1 Å². The summed E-state index contributed by atoms with van der Waals surface area (Å²) in [5, 5.41) is 4.65. The zero-order valence-electron chi connectivity index (χ0n) is 13.6. The lowest BCUT2D eigenvalue weighted by Gasteiger charge is -2.30. The lowest BCUT2D eigenvalue weighted by Crippen LogP contribution is -2.39. The van der Waals surface area contributed by atoms with E-state index in [-0.39, 0.29) is 11.9 Å². The Morgan fingerprint density at radius 1 is 1.50 bits per heavy atom. The Balaban J connectivity index is 1.63. The van der Waals surface area contributed by atoms with Gasteiger partial charge < -0.3 is 9.26 Å². The molecule has 6 nitrogen and oxygen atoms in total. The third kappa shape index (κ3) is 4.13. The molecule has 0 aliphatic carbocycles. The van der Waals surface area contributed by atoms with E-state index in [9.17, 15) is 4.79 Å². The molecule has 0 spiro atoms. The molecule has 0 radical (unpaired) electrons. The number of ether oxygens (including phenoxy) is 1. The van der Waals surface area contributed by atoms with Crippen molar-refractivity contribution in [3.8, 4) is 11.4 Å². The third-order valence-corrected chi connectivity index (χ3v) is 4.27. The summed E-state index contributed by atoms with van der Waals surface area (Å²) in [4.78, 5) is 18.5. The van der Waals surface area contributed by atoms with Crippen molar-refractivity contribution in [2.45, 2.75) is 26.3 Å². The molecule has 1 aromatic heterocycles. The molecule has 128 valence electrons. The van der Waals surface area contributed by atoms with Crippen LogP contribution in [0, 0.1) is 5.92 Å². The standard InChI is InChI=1S/C17H20ClN3O3/c1-2-23-17(22)13-6-4-8-21(10-13)11-15-19-16(20-24-15)12-5-3-7-14(18)9-12/h3,5,7,9,13H,2,4,6,8,10-11H2,1H3/t13-/m0/s1. The maximum Gasteiger partial charge on any atom is 0.310 e. The number of rotatable bonds is 5. The zero-order chi connectivity index (χ0) is 16.9. The number of aromatic nitrogens is 2. The van der Waals surface area contributed by atoms with Crippen LogP contribution in [0.15, 0.2) is 28.8 Å². The Hall–Kier alpha value is -1.92. The number of hydrogen-bond acceptors (Lipinski definition) is 6. The molecule has 1 aromatic carbocycles. The number of hydrogen-bond donors (Lipinski definition) is 0. The molecule has 3 rings (SSSR count). The highest BCUT2D eigenvalue weighted by Crippen LogP contribution is 2.22. The van der Waals surface area contributed by atoms with Gasteiger partial charge in [-0.25, -0.2) is 0 Å². The van der Waals surface area contributed by atoms with E-state index < -0.39 is 0 Å². The second-order valence-corrected chi connectivity index (χ2v) is 6.28. The Morgan fingerprint density at radius 2 is 2.38 bits per heavy atom.